The first-order chi connectivity index (χ1) is 17.7. The maximum Gasteiger partial charge on any atom is 0.573 e. The van der Waals surface area contributed by atoms with Crippen LogP contribution in [0.3, 0.4) is 0 Å². The number of carbonyl (C=O) groups excluding carboxylic acids is 1. The summed E-state index contributed by atoms with van der Waals surface area (Å²) in [6, 6.07) is 13.6. The van der Waals surface area contributed by atoms with E-state index in [-0.39, 0.29) is 17.7 Å². The molecule has 37 heavy (non-hydrogen) atoms. The standard InChI is InChI=1S/C27H30F3N5O2/c1-35(2)25-22-5-3-4-6-23(22)33-26(34-25)32-20-12-7-19(8-13-20)17-31-24(36)16-11-18-9-14-21(15-10-18)37-27(28,29)30/h3-6,9-11,14-16,19-20H,7-8,12-13,17H2,1-2H3,(H,31,36)(H,32,33,34)/b16-11+/t19-,20+. The van der Waals surface area contributed by atoms with E-state index in [1.165, 1.54) is 30.3 Å². The molecule has 1 saturated carbocycles. The highest BCUT2D eigenvalue weighted by atomic mass is 19.4. The van der Waals surface area contributed by atoms with E-state index in [1.807, 2.05) is 43.3 Å². The van der Waals surface area contributed by atoms with Gasteiger partial charge in [-0.1, -0.05) is 24.3 Å². The number of rotatable bonds is 8. The molecular weight excluding hydrogens is 483 g/mol. The van der Waals surface area contributed by atoms with Gasteiger partial charge >= 0.3 is 6.36 Å². The average Bonchev–Trinajstić information content (AvgIpc) is 2.86. The molecule has 4 rings (SSSR count). The lowest BCUT2D eigenvalue weighted by molar-refractivity contribution is -0.274. The summed E-state index contributed by atoms with van der Waals surface area (Å²) < 4.78 is 40.6. The first-order valence-corrected chi connectivity index (χ1v) is 12.2. The second-order valence-corrected chi connectivity index (χ2v) is 9.34. The number of nitrogens with zero attached hydrogens (tertiary/aromatic N) is 3. The number of nitrogens with one attached hydrogen (secondary N) is 2. The van der Waals surface area contributed by atoms with Crippen molar-refractivity contribution < 1.29 is 22.7 Å². The zero-order valence-electron chi connectivity index (χ0n) is 20.8. The molecule has 7 nitrogen and oxygen atoms in total. The number of halogens is 3. The fourth-order valence-electron chi connectivity index (χ4n) is 4.42. The summed E-state index contributed by atoms with van der Waals surface area (Å²) in [6.45, 7) is 0.575. The second kappa shape index (κ2) is 11.5. The van der Waals surface area contributed by atoms with Crippen LogP contribution in [-0.2, 0) is 4.79 Å². The topological polar surface area (TPSA) is 79.4 Å². The molecule has 0 aliphatic heterocycles. The van der Waals surface area contributed by atoms with Gasteiger partial charge in [0.1, 0.15) is 11.6 Å². The van der Waals surface area contributed by atoms with Crippen LogP contribution in [0.5, 0.6) is 5.75 Å². The van der Waals surface area contributed by atoms with Crippen LogP contribution in [0.2, 0.25) is 0 Å². The molecule has 1 heterocycles. The molecule has 3 aromatic rings. The number of ether oxygens (including phenoxy) is 1. The Labute approximate surface area is 213 Å². The van der Waals surface area contributed by atoms with Gasteiger partial charge in [0.15, 0.2) is 0 Å². The van der Waals surface area contributed by atoms with Crippen LogP contribution in [0.15, 0.2) is 54.6 Å². The van der Waals surface area contributed by atoms with Gasteiger partial charge in [0.2, 0.25) is 11.9 Å². The van der Waals surface area contributed by atoms with Gasteiger partial charge in [0.25, 0.3) is 0 Å². The molecule has 1 aliphatic carbocycles. The van der Waals surface area contributed by atoms with Crippen molar-refractivity contribution >= 4 is 34.7 Å². The lowest BCUT2D eigenvalue weighted by Gasteiger charge is -2.29. The first kappa shape index (κ1) is 26.2. The van der Waals surface area contributed by atoms with Crippen LogP contribution < -0.4 is 20.3 Å². The highest BCUT2D eigenvalue weighted by Gasteiger charge is 2.31. The lowest BCUT2D eigenvalue weighted by Crippen LogP contribution is -2.33. The number of benzene rings is 2. The number of alkyl halides is 3. The van der Waals surface area contributed by atoms with Crippen LogP contribution in [0.25, 0.3) is 17.0 Å². The van der Waals surface area contributed by atoms with Gasteiger partial charge < -0.3 is 20.3 Å². The maximum absolute atomic E-state index is 12.2. The maximum atomic E-state index is 12.2. The minimum absolute atomic E-state index is 0.239. The van der Waals surface area contributed by atoms with Crippen molar-refractivity contribution in [2.45, 2.75) is 38.1 Å². The number of hydrogen-bond donors (Lipinski definition) is 2. The third-order valence-corrected chi connectivity index (χ3v) is 6.29. The minimum atomic E-state index is -4.73. The van der Waals surface area contributed by atoms with Gasteiger partial charge in [-0.25, -0.2) is 4.98 Å². The van der Waals surface area contributed by atoms with Crippen molar-refractivity contribution in [2.75, 3.05) is 30.9 Å². The first-order valence-electron chi connectivity index (χ1n) is 12.2. The van der Waals surface area contributed by atoms with Crippen LogP contribution in [-0.4, -0.2) is 48.9 Å². The fourth-order valence-corrected chi connectivity index (χ4v) is 4.42. The molecule has 10 heteroatoms. The molecule has 0 atom stereocenters. The number of para-hydroxylation sites is 1. The minimum Gasteiger partial charge on any atom is -0.406 e. The lowest BCUT2D eigenvalue weighted by atomic mass is 9.86. The normalized spacial score (nSPS) is 18.1. The van der Waals surface area contributed by atoms with Crippen molar-refractivity contribution in [3.63, 3.8) is 0 Å². The summed E-state index contributed by atoms with van der Waals surface area (Å²) in [5.41, 5.74) is 1.50. The third kappa shape index (κ3) is 7.58. The van der Waals surface area contributed by atoms with E-state index in [9.17, 15) is 18.0 Å². The zero-order chi connectivity index (χ0) is 26.4. The quantitative estimate of drug-likeness (QED) is 0.393. The molecule has 1 aromatic heterocycles. The van der Waals surface area contributed by atoms with Crippen LogP contribution in [0, 0.1) is 5.92 Å². The highest BCUT2D eigenvalue weighted by Crippen LogP contribution is 2.28. The molecule has 0 bridgehead atoms. The van der Waals surface area contributed by atoms with Gasteiger partial charge in [-0.3, -0.25) is 4.79 Å². The van der Waals surface area contributed by atoms with Crippen molar-refractivity contribution in [3.8, 4) is 5.75 Å². The smallest absolute Gasteiger partial charge is 0.406 e. The van der Waals surface area contributed by atoms with Gasteiger partial charge in [-0.2, -0.15) is 4.98 Å². The Morgan fingerprint density at radius 3 is 2.43 bits per heavy atom. The SMILES string of the molecule is CN(C)c1nc(N[C@H]2CC[C@@H](CNC(=O)/C=C/c3ccc(OC(F)(F)F)cc3)CC2)nc2ccccc12. The van der Waals surface area contributed by atoms with Gasteiger partial charge in [-0.15, -0.1) is 13.2 Å². The predicted octanol–water partition coefficient (Wildman–Crippen LogP) is 5.39. The van der Waals surface area contributed by atoms with Crippen LogP contribution in [0.4, 0.5) is 24.9 Å². The van der Waals surface area contributed by atoms with Crippen LogP contribution in [0.1, 0.15) is 31.2 Å². The molecule has 0 saturated heterocycles. The number of amides is 1. The molecule has 0 unspecified atom stereocenters. The van der Waals surface area contributed by atoms with E-state index < -0.39 is 6.36 Å². The van der Waals surface area contributed by atoms with Crippen molar-refractivity contribution in [1.82, 2.24) is 15.3 Å². The van der Waals surface area contributed by atoms with E-state index >= 15 is 0 Å². The van der Waals surface area contributed by atoms with Crippen molar-refractivity contribution in [2.24, 2.45) is 5.92 Å². The largest absolute Gasteiger partial charge is 0.573 e. The molecular formula is C27H30F3N5O2. The molecule has 2 N–H and O–H groups in total. The Balaban J connectivity index is 1.22. The Morgan fingerprint density at radius 1 is 1.05 bits per heavy atom. The molecule has 0 spiro atoms. The number of anilines is 2. The fraction of sp³-hybridized carbons (Fsp3) is 0.370. The van der Waals surface area contributed by atoms with E-state index in [1.54, 1.807) is 6.08 Å². The molecule has 1 fully saturated rings. The van der Waals surface area contributed by atoms with Crippen molar-refractivity contribution in [1.29, 1.82) is 0 Å². The predicted molar refractivity (Wildman–Crippen MR) is 138 cm³/mol. The average molecular weight is 514 g/mol. The summed E-state index contributed by atoms with van der Waals surface area (Å²) in [4.78, 5) is 23.6. The molecule has 0 radical (unpaired) electrons. The number of fused-ring (bicyclic) bond motifs is 1. The molecule has 2 aromatic carbocycles. The Morgan fingerprint density at radius 2 is 1.76 bits per heavy atom. The second-order valence-electron chi connectivity index (χ2n) is 9.34. The number of hydrogen-bond acceptors (Lipinski definition) is 6. The Kier molecular flexibility index (Phi) is 8.15. The van der Waals surface area contributed by atoms with E-state index in [0.29, 0.717) is 24.0 Å². The van der Waals surface area contributed by atoms with E-state index in [0.717, 1.165) is 42.4 Å². The van der Waals surface area contributed by atoms with E-state index in [2.05, 4.69) is 20.4 Å². The molecule has 1 aliphatic rings. The van der Waals surface area contributed by atoms with E-state index in [4.69, 9.17) is 4.98 Å². The summed E-state index contributed by atoms with van der Waals surface area (Å²) >= 11 is 0. The summed E-state index contributed by atoms with van der Waals surface area (Å²) in [6.07, 6.45) is 2.05. The highest BCUT2D eigenvalue weighted by molar-refractivity contribution is 5.92. The van der Waals surface area contributed by atoms with Gasteiger partial charge in [0, 0.05) is 38.1 Å². The number of carbonyl (C=O) groups is 1. The third-order valence-electron chi connectivity index (χ3n) is 6.29. The molecule has 1 amide bonds. The monoisotopic (exact) mass is 513 g/mol. The summed E-state index contributed by atoms with van der Waals surface area (Å²) in [5, 5.41) is 7.42. The summed E-state index contributed by atoms with van der Waals surface area (Å²) in [7, 11) is 3.94. The van der Waals surface area contributed by atoms with Gasteiger partial charge in [0.05, 0.1) is 5.52 Å². The molecule has 196 valence electrons. The number of aromatic nitrogens is 2. The van der Waals surface area contributed by atoms with Gasteiger partial charge in [-0.05, 0) is 67.5 Å². The van der Waals surface area contributed by atoms with Crippen molar-refractivity contribution in [3.05, 3.63) is 60.2 Å². The zero-order valence-corrected chi connectivity index (χ0v) is 20.8. The summed E-state index contributed by atoms with van der Waals surface area (Å²) in [5.74, 6) is 1.34. The Hall–Kier alpha value is -3.82. The Bertz CT molecular complexity index is 1240. The van der Waals surface area contributed by atoms with Crippen LogP contribution >= 0.6 is 0 Å².